The minimum atomic E-state index is -0.146. The molecular formula is C21H27N5O2. The molecule has 0 aliphatic carbocycles. The summed E-state index contributed by atoms with van der Waals surface area (Å²) in [4.78, 5) is 29.4. The maximum absolute atomic E-state index is 12.8. The largest absolute Gasteiger partial charge is 0.358 e. The van der Waals surface area contributed by atoms with E-state index in [0.717, 1.165) is 54.1 Å². The number of piperidine rings is 1. The molecule has 1 aromatic heterocycles. The fourth-order valence-electron chi connectivity index (χ4n) is 4.34. The van der Waals surface area contributed by atoms with Crippen molar-refractivity contribution >= 4 is 23.2 Å². The number of nitrogens with zero attached hydrogens (tertiary/aromatic N) is 4. The monoisotopic (exact) mass is 381 g/mol. The first kappa shape index (κ1) is 18.5. The summed E-state index contributed by atoms with van der Waals surface area (Å²) in [7, 11) is 3.70. The molecule has 1 unspecified atom stereocenters. The highest BCUT2D eigenvalue weighted by atomic mass is 16.2. The van der Waals surface area contributed by atoms with Crippen LogP contribution < -0.4 is 15.1 Å². The quantitative estimate of drug-likeness (QED) is 0.886. The average Bonchev–Trinajstić information content (AvgIpc) is 2.95. The molecule has 0 bridgehead atoms. The maximum atomic E-state index is 12.8. The third-order valence-electron chi connectivity index (χ3n) is 6.11. The Morgan fingerprint density at radius 2 is 2.00 bits per heavy atom. The molecule has 7 nitrogen and oxygen atoms in total. The van der Waals surface area contributed by atoms with Crippen molar-refractivity contribution in [2.45, 2.75) is 45.7 Å². The van der Waals surface area contributed by atoms with E-state index in [-0.39, 0.29) is 17.9 Å². The average molecular weight is 381 g/mol. The fourth-order valence-corrected chi connectivity index (χ4v) is 4.34. The van der Waals surface area contributed by atoms with Gasteiger partial charge in [-0.25, -0.2) is 0 Å². The van der Waals surface area contributed by atoms with Gasteiger partial charge in [-0.05, 0) is 51.3 Å². The summed E-state index contributed by atoms with van der Waals surface area (Å²) < 4.78 is 1.82. The molecule has 2 amide bonds. The summed E-state index contributed by atoms with van der Waals surface area (Å²) in [5.41, 5.74) is 5.43. The normalized spacial score (nSPS) is 18.7. The summed E-state index contributed by atoms with van der Waals surface area (Å²) >= 11 is 0. The predicted octanol–water partition coefficient (Wildman–Crippen LogP) is 2.30. The number of anilines is 2. The van der Waals surface area contributed by atoms with Crippen molar-refractivity contribution in [2.75, 3.05) is 23.4 Å². The number of carbonyl (C=O) groups excluding carboxylic acids is 2. The van der Waals surface area contributed by atoms with Gasteiger partial charge in [0, 0.05) is 44.0 Å². The number of likely N-dealkylation sites (N-methyl/N-ethyl adjacent to an activating group) is 1. The zero-order valence-corrected chi connectivity index (χ0v) is 17.0. The van der Waals surface area contributed by atoms with Gasteiger partial charge in [0.15, 0.2) is 0 Å². The molecule has 1 atom stereocenters. The van der Waals surface area contributed by atoms with Gasteiger partial charge in [-0.15, -0.1) is 0 Å². The van der Waals surface area contributed by atoms with Gasteiger partial charge in [-0.3, -0.25) is 14.3 Å². The minimum absolute atomic E-state index is 0.0672. The summed E-state index contributed by atoms with van der Waals surface area (Å²) in [6.07, 6.45) is 3.08. The number of fused-ring (bicyclic) bond motifs is 3. The Balaban J connectivity index is 1.57. The third-order valence-corrected chi connectivity index (χ3v) is 6.11. The van der Waals surface area contributed by atoms with Gasteiger partial charge in [0.25, 0.3) is 5.91 Å². The van der Waals surface area contributed by atoms with E-state index in [1.165, 1.54) is 0 Å². The number of aromatic nitrogens is 2. The van der Waals surface area contributed by atoms with Crippen LogP contribution in [0.4, 0.5) is 11.4 Å². The number of benzene rings is 1. The molecule has 1 saturated heterocycles. The summed E-state index contributed by atoms with van der Waals surface area (Å²) in [6.45, 7) is 5.27. The minimum Gasteiger partial charge on any atom is -0.358 e. The van der Waals surface area contributed by atoms with Crippen molar-refractivity contribution < 1.29 is 9.59 Å². The van der Waals surface area contributed by atoms with Crippen molar-refractivity contribution in [2.24, 2.45) is 7.05 Å². The van der Waals surface area contributed by atoms with E-state index in [1.807, 2.05) is 43.8 Å². The van der Waals surface area contributed by atoms with E-state index in [0.29, 0.717) is 12.1 Å². The second kappa shape index (κ2) is 6.96. The first-order chi connectivity index (χ1) is 13.4. The van der Waals surface area contributed by atoms with E-state index in [9.17, 15) is 9.59 Å². The molecule has 0 saturated carbocycles. The van der Waals surface area contributed by atoms with Crippen LogP contribution in [-0.2, 0) is 18.4 Å². The Labute approximate surface area is 165 Å². The van der Waals surface area contributed by atoms with E-state index >= 15 is 0 Å². The summed E-state index contributed by atoms with van der Waals surface area (Å²) in [6, 6.07) is 5.59. The van der Waals surface area contributed by atoms with E-state index in [4.69, 9.17) is 0 Å². The fraction of sp³-hybridized carbons (Fsp3) is 0.476. The number of hydrogen-bond donors (Lipinski definition) is 1. The van der Waals surface area contributed by atoms with Gasteiger partial charge in [0.2, 0.25) is 5.91 Å². The highest BCUT2D eigenvalue weighted by Crippen LogP contribution is 2.39. The maximum Gasteiger partial charge on any atom is 0.251 e. The molecule has 3 heterocycles. The van der Waals surface area contributed by atoms with Gasteiger partial charge >= 0.3 is 0 Å². The number of aryl methyl sites for hydroxylation is 2. The lowest BCUT2D eigenvalue weighted by molar-refractivity contribution is -0.120. The molecule has 148 valence electrons. The molecule has 0 spiro atoms. The Morgan fingerprint density at radius 1 is 1.21 bits per heavy atom. The number of amides is 2. The third kappa shape index (κ3) is 2.95. The smallest absolute Gasteiger partial charge is 0.251 e. The first-order valence-electron chi connectivity index (χ1n) is 9.84. The molecule has 7 heteroatoms. The summed E-state index contributed by atoms with van der Waals surface area (Å²) in [5, 5.41) is 7.38. The standard InChI is InChI=1S/C21H27N5O2/c1-13-16(14(2)25(4)23-13)12-22-20(27)15-8-9-17-19(11-15)24(3)21(28)18-7-5-6-10-26(17)18/h8-9,11,18H,5-7,10,12H2,1-4H3,(H,22,27). The number of hydrogen-bond acceptors (Lipinski definition) is 4. The van der Waals surface area contributed by atoms with Crippen LogP contribution in [0.3, 0.4) is 0 Å². The molecule has 1 fully saturated rings. The van der Waals surface area contributed by atoms with Gasteiger partial charge in [0.1, 0.15) is 6.04 Å². The molecule has 2 aromatic rings. The zero-order chi connectivity index (χ0) is 20.0. The Morgan fingerprint density at radius 3 is 2.71 bits per heavy atom. The molecule has 28 heavy (non-hydrogen) atoms. The number of rotatable bonds is 3. The second-order valence-electron chi connectivity index (χ2n) is 7.76. The molecule has 1 aromatic carbocycles. The summed E-state index contributed by atoms with van der Waals surface area (Å²) in [5.74, 6) is -0.0292. The Kier molecular flexibility index (Phi) is 4.61. The van der Waals surface area contributed by atoms with Crippen molar-refractivity contribution in [3.63, 3.8) is 0 Å². The van der Waals surface area contributed by atoms with Gasteiger partial charge < -0.3 is 15.1 Å². The predicted molar refractivity (Wildman–Crippen MR) is 109 cm³/mol. The van der Waals surface area contributed by atoms with Crippen LogP contribution in [0, 0.1) is 13.8 Å². The van der Waals surface area contributed by atoms with Crippen LogP contribution >= 0.6 is 0 Å². The van der Waals surface area contributed by atoms with Crippen LogP contribution in [0.5, 0.6) is 0 Å². The van der Waals surface area contributed by atoms with Crippen LogP contribution in [-0.4, -0.2) is 41.2 Å². The van der Waals surface area contributed by atoms with E-state index in [2.05, 4.69) is 15.3 Å². The van der Waals surface area contributed by atoms with Crippen LogP contribution in [0.15, 0.2) is 18.2 Å². The van der Waals surface area contributed by atoms with Crippen LogP contribution in [0.25, 0.3) is 0 Å². The number of carbonyl (C=O) groups is 2. The van der Waals surface area contributed by atoms with Crippen LogP contribution in [0.1, 0.15) is 46.6 Å². The Bertz CT molecular complexity index is 949. The van der Waals surface area contributed by atoms with E-state index < -0.39 is 0 Å². The van der Waals surface area contributed by atoms with Gasteiger partial charge in [0.05, 0.1) is 17.1 Å². The molecule has 2 aliphatic heterocycles. The van der Waals surface area contributed by atoms with Crippen molar-refractivity contribution in [1.29, 1.82) is 0 Å². The highest BCUT2D eigenvalue weighted by molar-refractivity contribution is 6.07. The Hall–Kier alpha value is -2.83. The lowest BCUT2D eigenvalue weighted by Gasteiger charge is -2.44. The molecule has 1 N–H and O–H groups in total. The molecular weight excluding hydrogens is 354 g/mol. The van der Waals surface area contributed by atoms with Crippen LogP contribution in [0.2, 0.25) is 0 Å². The van der Waals surface area contributed by atoms with E-state index in [1.54, 1.807) is 11.9 Å². The van der Waals surface area contributed by atoms with Gasteiger partial charge in [-0.2, -0.15) is 5.10 Å². The van der Waals surface area contributed by atoms with Crippen molar-refractivity contribution in [3.05, 3.63) is 40.7 Å². The first-order valence-corrected chi connectivity index (χ1v) is 9.84. The topological polar surface area (TPSA) is 70.5 Å². The lowest BCUT2D eigenvalue weighted by atomic mass is 9.96. The van der Waals surface area contributed by atoms with Crippen molar-refractivity contribution in [3.8, 4) is 0 Å². The molecule has 4 rings (SSSR count). The van der Waals surface area contributed by atoms with Crippen molar-refractivity contribution in [1.82, 2.24) is 15.1 Å². The van der Waals surface area contributed by atoms with Gasteiger partial charge in [-0.1, -0.05) is 0 Å². The number of nitrogens with one attached hydrogen (secondary N) is 1. The lowest BCUT2D eigenvalue weighted by Crippen LogP contribution is -2.54. The molecule has 0 radical (unpaired) electrons. The second-order valence-corrected chi connectivity index (χ2v) is 7.76. The zero-order valence-electron chi connectivity index (χ0n) is 17.0. The molecule has 2 aliphatic rings. The SMILES string of the molecule is Cc1nn(C)c(C)c1CNC(=O)c1ccc2c(c1)N(C)C(=O)C1CCCCN21. The highest BCUT2D eigenvalue weighted by Gasteiger charge is 2.38.